The first-order valence-electron chi connectivity index (χ1n) is 3.55. The zero-order valence-electron chi connectivity index (χ0n) is 7.16. The number of nitrogens with two attached hydrogens (primary N) is 1. The molecule has 0 saturated carbocycles. The molecule has 0 unspecified atom stereocenters. The Morgan fingerprint density at radius 3 is 2.36 bits per heavy atom. The van der Waals surface area contributed by atoms with Crippen LogP contribution in [0.15, 0.2) is 0 Å². The molecule has 0 saturated heterocycles. The van der Waals surface area contributed by atoms with Gasteiger partial charge in [-0.3, -0.25) is 4.84 Å². The molecular weight excluding hydrogens is 146 g/mol. The fraction of sp³-hybridized carbons (Fsp3) is 0.857. The Kier molecular flexibility index (Phi) is 4.81. The van der Waals surface area contributed by atoms with Gasteiger partial charge in [0, 0.05) is 0 Å². The monoisotopic (exact) mass is 161 g/mol. The molecule has 0 amide bonds. The van der Waals surface area contributed by atoms with Gasteiger partial charge in [-0.05, 0) is 12.3 Å². The fourth-order valence-electron chi connectivity index (χ4n) is 0.767. The van der Waals surface area contributed by atoms with Crippen LogP contribution in [0.4, 0.5) is 0 Å². The molecule has 4 nitrogen and oxygen atoms in total. The van der Waals surface area contributed by atoms with Crippen LogP contribution >= 0.6 is 0 Å². The van der Waals surface area contributed by atoms with E-state index in [0.717, 1.165) is 0 Å². The Labute approximate surface area is 66.6 Å². The van der Waals surface area contributed by atoms with Crippen LogP contribution in [0.1, 0.15) is 20.3 Å². The van der Waals surface area contributed by atoms with E-state index in [1.165, 1.54) is 7.11 Å². The molecule has 2 N–H and O–H groups in total. The van der Waals surface area contributed by atoms with Crippen molar-refractivity contribution in [2.45, 2.75) is 26.4 Å². The lowest BCUT2D eigenvalue weighted by Crippen LogP contribution is -2.29. The summed E-state index contributed by atoms with van der Waals surface area (Å²) >= 11 is 0. The normalized spacial score (nSPS) is 13.2. The maximum absolute atomic E-state index is 10.9. The minimum Gasteiger partial charge on any atom is -0.467 e. The lowest BCUT2D eigenvalue weighted by molar-refractivity contribution is -0.155. The molecule has 0 rings (SSSR count). The van der Waals surface area contributed by atoms with Crippen LogP contribution in [0.5, 0.6) is 0 Å². The molecule has 0 aromatic rings. The molecule has 0 heterocycles. The van der Waals surface area contributed by atoms with Crippen molar-refractivity contribution < 1.29 is 14.4 Å². The van der Waals surface area contributed by atoms with Gasteiger partial charge in [0.1, 0.15) is 0 Å². The van der Waals surface area contributed by atoms with Crippen molar-refractivity contribution >= 4 is 5.97 Å². The van der Waals surface area contributed by atoms with Gasteiger partial charge in [-0.1, -0.05) is 13.8 Å². The smallest absolute Gasteiger partial charge is 0.337 e. The second kappa shape index (κ2) is 5.09. The van der Waals surface area contributed by atoms with Crippen molar-refractivity contribution in [1.82, 2.24) is 0 Å². The van der Waals surface area contributed by atoms with Crippen LogP contribution in [0.3, 0.4) is 0 Å². The molecule has 0 aromatic heterocycles. The molecule has 0 fully saturated rings. The molecule has 0 aliphatic heterocycles. The third kappa shape index (κ3) is 3.95. The Balaban J connectivity index is 3.84. The summed E-state index contributed by atoms with van der Waals surface area (Å²) in [7, 11) is 1.31. The number of hydrogen-bond acceptors (Lipinski definition) is 4. The van der Waals surface area contributed by atoms with Gasteiger partial charge in [-0.15, -0.1) is 0 Å². The molecular formula is C7H15NO3. The summed E-state index contributed by atoms with van der Waals surface area (Å²) in [6.45, 7) is 3.96. The lowest BCUT2D eigenvalue weighted by Gasteiger charge is -2.13. The lowest BCUT2D eigenvalue weighted by atomic mass is 10.1. The molecule has 0 aliphatic rings. The number of ether oxygens (including phenoxy) is 1. The number of hydrogen-bond donors (Lipinski definition) is 1. The maximum atomic E-state index is 10.9. The van der Waals surface area contributed by atoms with Crippen molar-refractivity contribution in [2.75, 3.05) is 7.11 Å². The van der Waals surface area contributed by atoms with Gasteiger partial charge in [-0.25, -0.2) is 10.7 Å². The molecule has 0 aromatic carbocycles. The van der Waals surface area contributed by atoms with Gasteiger partial charge in [0.2, 0.25) is 0 Å². The van der Waals surface area contributed by atoms with Crippen LogP contribution in [0, 0.1) is 5.92 Å². The van der Waals surface area contributed by atoms with Gasteiger partial charge < -0.3 is 4.74 Å². The molecule has 0 spiro atoms. The fourth-order valence-corrected chi connectivity index (χ4v) is 0.767. The molecule has 0 radical (unpaired) electrons. The Hall–Kier alpha value is -0.610. The topological polar surface area (TPSA) is 61.5 Å². The number of esters is 1. The van der Waals surface area contributed by atoms with Crippen LogP contribution in [0.2, 0.25) is 0 Å². The van der Waals surface area contributed by atoms with E-state index in [1.54, 1.807) is 0 Å². The quantitative estimate of drug-likeness (QED) is 0.480. The third-order valence-corrected chi connectivity index (χ3v) is 1.31. The predicted octanol–water partition coefficient (Wildman–Crippen LogP) is 0.464. The van der Waals surface area contributed by atoms with Crippen molar-refractivity contribution in [3.63, 3.8) is 0 Å². The first kappa shape index (κ1) is 10.4. The largest absolute Gasteiger partial charge is 0.467 e. The van der Waals surface area contributed by atoms with Crippen LogP contribution in [0.25, 0.3) is 0 Å². The summed E-state index contributed by atoms with van der Waals surface area (Å²) in [4.78, 5) is 15.3. The second-order valence-electron chi connectivity index (χ2n) is 2.78. The summed E-state index contributed by atoms with van der Waals surface area (Å²) in [5.41, 5.74) is 0. The van der Waals surface area contributed by atoms with E-state index in [-0.39, 0.29) is 0 Å². The third-order valence-electron chi connectivity index (χ3n) is 1.31. The van der Waals surface area contributed by atoms with E-state index < -0.39 is 12.1 Å². The van der Waals surface area contributed by atoms with Crippen molar-refractivity contribution in [3.8, 4) is 0 Å². The van der Waals surface area contributed by atoms with E-state index in [4.69, 9.17) is 5.90 Å². The summed E-state index contributed by atoms with van der Waals surface area (Å²) in [5.74, 6) is 4.84. The van der Waals surface area contributed by atoms with E-state index in [9.17, 15) is 4.79 Å². The van der Waals surface area contributed by atoms with Gasteiger partial charge in [-0.2, -0.15) is 0 Å². The minimum absolute atomic E-state index is 0.364. The van der Waals surface area contributed by atoms with Gasteiger partial charge in [0.15, 0.2) is 6.10 Å². The highest BCUT2D eigenvalue weighted by Crippen LogP contribution is 2.07. The molecule has 1 atom stereocenters. The standard InChI is InChI=1S/C7H15NO3/c1-5(2)4-6(11-8)7(9)10-3/h5-6H,4,8H2,1-3H3/t6-/m1/s1. The zero-order valence-corrected chi connectivity index (χ0v) is 7.16. The summed E-state index contributed by atoms with van der Waals surface area (Å²) in [5, 5.41) is 0. The first-order chi connectivity index (χ1) is 5.11. The van der Waals surface area contributed by atoms with E-state index in [1.807, 2.05) is 13.8 Å². The number of methoxy groups -OCH3 is 1. The van der Waals surface area contributed by atoms with E-state index in [2.05, 4.69) is 9.57 Å². The molecule has 66 valence electrons. The average Bonchev–Trinajstić information content (AvgIpc) is 1.98. The highest BCUT2D eigenvalue weighted by atomic mass is 16.6. The van der Waals surface area contributed by atoms with Gasteiger partial charge >= 0.3 is 5.97 Å². The minimum atomic E-state index is -0.625. The molecule has 0 aliphatic carbocycles. The SMILES string of the molecule is COC(=O)[C@@H](CC(C)C)ON. The Morgan fingerprint density at radius 2 is 2.09 bits per heavy atom. The van der Waals surface area contributed by atoms with E-state index in [0.29, 0.717) is 12.3 Å². The predicted molar refractivity (Wildman–Crippen MR) is 40.5 cm³/mol. The van der Waals surface area contributed by atoms with Crippen LogP contribution < -0.4 is 5.90 Å². The average molecular weight is 161 g/mol. The second-order valence-corrected chi connectivity index (χ2v) is 2.78. The Bertz CT molecular complexity index is 125. The van der Waals surface area contributed by atoms with Gasteiger partial charge in [0.05, 0.1) is 7.11 Å². The van der Waals surface area contributed by atoms with Crippen molar-refractivity contribution in [3.05, 3.63) is 0 Å². The summed E-state index contributed by atoms with van der Waals surface area (Å²) < 4.78 is 4.46. The zero-order chi connectivity index (χ0) is 8.85. The Morgan fingerprint density at radius 1 is 1.55 bits per heavy atom. The highest BCUT2D eigenvalue weighted by molar-refractivity contribution is 5.74. The molecule has 0 bridgehead atoms. The van der Waals surface area contributed by atoms with Crippen LogP contribution in [-0.4, -0.2) is 19.2 Å². The summed E-state index contributed by atoms with van der Waals surface area (Å²) in [6.07, 6.45) is -0.0385. The van der Waals surface area contributed by atoms with Crippen molar-refractivity contribution in [1.29, 1.82) is 0 Å². The van der Waals surface area contributed by atoms with Crippen molar-refractivity contribution in [2.24, 2.45) is 11.8 Å². The number of carbonyl (C=O) groups excluding carboxylic acids is 1. The molecule has 4 heteroatoms. The summed E-state index contributed by atoms with van der Waals surface area (Å²) in [6, 6.07) is 0. The number of carbonyl (C=O) groups is 1. The number of rotatable bonds is 4. The van der Waals surface area contributed by atoms with Crippen LogP contribution in [-0.2, 0) is 14.4 Å². The van der Waals surface area contributed by atoms with E-state index >= 15 is 0 Å². The first-order valence-corrected chi connectivity index (χ1v) is 3.55. The maximum Gasteiger partial charge on any atom is 0.337 e. The highest BCUT2D eigenvalue weighted by Gasteiger charge is 2.19. The molecule has 11 heavy (non-hydrogen) atoms. The van der Waals surface area contributed by atoms with Gasteiger partial charge in [0.25, 0.3) is 0 Å².